The van der Waals surface area contributed by atoms with Gasteiger partial charge in [0.1, 0.15) is 18.1 Å². The molecule has 2 aromatic rings. The number of para-hydroxylation sites is 1. The van der Waals surface area contributed by atoms with Gasteiger partial charge < -0.3 is 54.1 Å². The van der Waals surface area contributed by atoms with E-state index in [1.54, 1.807) is 30.5 Å². The number of carboxylic acid groups (broad SMARTS) is 2. The molecule has 0 aliphatic carbocycles. The van der Waals surface area contributed by atoms with Crippen molar-refractivity contribution in [3.63, 3.8) is 0 Å². The van der Waals surface area contributed by atoms with Crippen LogP contribution in [-0.4, -0.2) is 87.4 Å². The number of H-pyrrole nitrogens is 1. The first-order valence-corrected chi connectivity index (χ1v) is 12.8. The minimum Gasteiger partial charge on any atom is -0.481 e. The Hall–Kier alpha value is -5.19. The molecule has 2 rings (SSSR count). The number of primary amides is 1. The molecule has 0 spiro atoms. The summed E-state index contributed by atoms with van der Waals surface area (Å²) in [6, 6.07) is 1.25. The normalized spacial score (nSPS) is 13.6. The Bertz CT molecular complexity index is 1340. The third-order valence-electron chi connectivity index (χ3n) is 6.06. The summed E-state index contributed by atoms with van der Waals surface area (Å²) < 4.78 is 0. The van der Waals surface area contributed by atoms with Gasteiger partial charge in [0.15, 0.2) is 5.96 Å². The summed E-state index contributed by atoms with van der Waals surface area (Å²) >= 11 is 0. The largest absolute Gasteiger partial charge is 0.481 e. The third-order valence-corrected chi connectivity index (χ3v) is 6.06. The van der Waals surface area contributed by atoms with Crippen molar-refractivity contribution in [2.75, 3.05) is 6.54 Å². The number of hydrogen-bond acceptors (Lipinski definition) is 8. The molecule has 42 heavy (non-hydrogen) atoms. The van der Waals surface area contributed by atoms with Crippen molar-refractivity contribution in [3.05, 3.63) is 36.0 Å². The average molecular weight is 590 g/mol. The molecule has 0 fully saturated rings. The van der Waals surface area contributed by atoms with Gasteiger partial charge in [0.05, 0.1) is 18.9 Å². The fourth-order valence-corrected chi connectivity index (χ4v) is 4.01. The highest BCUT2D eigenvalue weighted by atomic mass is 16.4. The SMILES string of the molecule is NC(=O)CC(NC(=O)C(N)CC(=O)O)C(=O)NC(Cc1c[nH]c2ccccc12)C(=O)NC(CCCN=C(N)N)C(=O)O. The van der Waals surface area contributed by atoms with E-state index in [9.17, 15) is 33.9 Å². The van der Waals surface area contributed by atoms with Crippen LogP contribution in [0.4, 0.5) is 0 Å². The first kappa shape index (κ1) is 33.0. The lowest BCUT2D eigenvalue weighted by Gasteiger charge is -2.24. The number of aliphatic imine (C=N–C) groups is 1. The van der Waals surface area contributed by atoms with Crippen LogP contribution in [0.1, 0.15) is 31.2 Å². The van der Waals surface area contributed by atoms with Crippen LogP contribution in [0, 0.1) is 0 Å². The molecule has 14 N–H and O–H groups in total. The Morgan fingerprint density at radius 2 is 1.48 bits per heavy atom. The van der Waals surface area contributed by atoms with E-state index in [1.807, 2.05) is 0 Å². The van der Waals surface area contributed by atoms with Crippen LogP contribution in [0.3, 0.4) is 0 Å². The number of fused-ring (bicyclic) bond motifs is 1. The molecule has 1 heterocycles. The molecule has 0 bridgehead atoms. The van der Waals surface area contributed by atoms with Crippen LogP contribution in [0.5, 0.6) is 0 Å². The summed E-state index contributed by atoms with van der Waals surface area (Å²) in [5, 5.41) is 26.3. The summed E-state index contributed by atoms with van der Waals surface area (Å²) in [6.45, 7) is 0.121. The van der Waals surface area contributed by atoms with E-state index in [0.717, 1.165) is 10.9 Å². The Morgan fingerprint density at radius 1 is 0.857 bits per heavy atom. The number of nitrogens with one attached hydrogen (secondary N) is 4. The fraction of sp³-hybridized carbons (Fsp3) is 0.400. The predicted octanol–water partition coefficient (Wildman–Crippen LogP) is -3.02. The quantitative estimate of drug-likeness (QED) is 0.0503. The maximum absolute atomic E-state index is 13.4. The zero-order chi connectivity index (χ0) is 31.4. The number of carbonyl (C=O) groups excluding carboxylic acids is 4. The second-order valence-corrected chi connectivity index (χ2v) is 9.41. The highest BCUT2D eigenvalue weighted by Crippen LogP contribution is 2.19. The van der Waals surface area contributed by atoms with Gasteiger partial charge >= 0.3 is 11.9 Å². The standard InChI is InChI=1S/C25H35N9O8/c26-14(9-20(36)37)21(38)33-18(10-19(27)35)23(40)34-17(8-12-11-31-15-5-2-1-4-13(12)15)22(39)32-16(24(41)42)6-3-7-30-25(28)29/h1-2,4-5,11,14,16-18,31H,3,6-10,26H2,(H2,27,35)(H,32,39)(H,33,38)(H,34,40)(H,36,37)(H,41,42)(H4,28,29,30). The molecule has 17 nitrogen and oxygen atoms in total. The highest BCUT2D eigenvalue weighted by molar-refractivity contribution is 5.97. The van der Waals surface area contributed by atoms with Gasteiger partial charge in [-0.25, -0.2) is 4.79 Å². The van der Waals surface area contributed by atoms with Crippen LogP contribution >= 0.6 is 0 Å². The summed E-state index contributed by atoms with van der Waals surface area (Å²) in [5.41, 5.74) is 22.7. The first-order chi connectivity index (χ1) is 19.8. The molecule has 17 heteroatoms. The fourth-order valence-electron chi connectivity index (χ4n) is 4.01. The van der Waals surface area contributed by atoms with Gasteiger partial charge in [0.25, 0.3) is 0 Å². The third kappa shape index (κ3) is 10.4. The number of nitrogens with two attached hydrogens (primary N) is 4. The topological polar surface area (TPSA) is 311 Å². The van der Waals surface area contributed by atoms with Crippen LogP contribution in [0.2, 0.25) is 0 Å². The number of guanidine groups is 1. The molecule has 0 aliphatic heterocycles. The van der Waals surface area contributed by atoms with Gasteiger partial charge in [0, 0.05) is 30.1 Å². The molecule has 4 atom stereocenters. The molecule has 0 radical (unpaired) electrons. The van der Waals surface area contributed by atoms with Gasteiger partial charge in [-0.05, 0) is 24.5 Å². The second kappa shape index (κ2) is 15.6. The molecule has 4 unspecified atom stereocenters. The Morgan fingerprint density at radius 3 is 2.10 bits per heavy atom. The number of carbonyl (C=O) groups is 6. The number of aromatic nitrogens is 1. The van der Waals surface area contributed by atoms with Crippen molar-refractivity contribution in [3.8, 4) is 0 Å². The van der Waals surface area contributed by atoms with Crippen molar-refractivity contribution in [2.45, 2.75) is 56.3 Å². The van der Waals surface area contributed by atoms with E-state index < -0.39 is 72.6 Å². The van der Waals surface area contributed by atoms with E-state index >= 15 is 0 Å². The Balaban J connectivity index is 2.31. The first-order valence-electron chi connectivity index (χ1n) is 12.8. The molecule has 228 valence electrons. The highest BCUT2D eigenvalue weighted by Gasteiger charge is 2.32. The number of hydrogen-bond donors (Lipinski definition) is 10. The molecule has 0 saturated carbocycles. The number of nitrogens with zero attached hydrogens (tertiary/aromatic N) is 1. The maximum atomic E-state index is 13.4. The minimum absolute atomic E-state index is 0.0343. The lowest BCUT2D eigenvalue weighted by atomic mass is 10.0. The number of benzene rings is 1. The molecule has 0 aliphatic rings. The second-order valence-electron chi connectivity index (χ2n) is 9.41. The number of amides is 4. The zero-order valence-corrected chi connectivity index (χ0v) is 22.5. The smallest absolute Gasteiger partial charge is 0.326 e. The molecular weight excluding hydrogens is 554 g/mol. The molecule has 0 saturated heterocycles. The maximum Gasteiger partial charge on any atom is 0.326 e. The summed E-state index contributed by atoms with van der Waals surface area (Å²) in [4.78, 5) is 80.2. The molecular formula is C25H35N9O8. The van der Waals surface area contributed by atoms with Crippen molar-refractivity contribution in [1.82, 2.24) is 20.9 Å². The molecule has 1 aromatic carbocycles. The van der Waals surface area contributed by atoms with E-state index in [2.05, 4.69) is 25.9 Å². The Kier molecular flexibility index (Phi) is 12.2. The van der Waals surface area contributed by atoms with Crippen LogP contribution < -0.4 is 38.9 Å². The van der Waals surface area contributed by atoms with Crippen LogP contribution in [0.15, 0.2) is 35.5 Å². The van der Waals surface area contributed by atoms with Crippen molar-refractivity contribution in [2.24, 2.45) is 27.9 Å². The average Bonchev–Trinajstić information content (AvgIpc) is 3.31. The lowest BCUT2D eigenvalue weighted by molar-refractivity contribution is -0.142. The summed E-state index contributed by atoms with van der Waals surface area (Å²) in [6.07, 6.45) is 0.251. The van der Waals surface area contributed by atoms with Crippen molar-refractivity contribution >= 4 is 52.4 Å². The van der Waals surface area contributed by atoms with Crippen molar-refractivity contribution < 1.29 is 39.0 Å². The van der Waals surface area contributed by atoms with E-state index in [0.29, 0.717) is 5.56 Å². The van der Waals surface area contributed by atoms with Crippen molar-refractivity contribution in [1.29, 1.82) is 0 Å². The zero-order valence-electron chi connectivity index (χ0n) is 22.5. The number of aromatic amines is 1. The van der Waals surface area contributed by atoms with Crippen LogP contribution in [0.25, 0.3) is 10.9 Å². The van der Waals surface area contributed by atoms with Gasteiger partial charge in [-0.3, -0.25) is 29.0 Å². The van der Waals surface area contributed by atoms with Gasteiger partial charge in [0.2, 0.25) is 23.6 Å². The van der Waals surface area contributed by atoms with Gasteiger partial charge in [-0.1, -0.05) is 18.2 Å². The van der Waals surface area contributed by atoms with Gasteiger partial charge in [-0.2, -0.15) is 0 Å². The number of carboxylic acids is 2. The minimum atomic E-state index is -1.61. The summed E-state index contributed by atoms with van der Waals surface area (Å²) in [5.74, 6) is -6.77. The number of aliphatic carboxylic acids is 2. The van der Waals surface area contributed by atoms with E-state index in [-0.39, 0.29) is 31.8 Å². The molecule has 1 aromatic heterocycles. The van der Waals surface area contributed by atoms with Crippen LogP contribution in [-0.2, 0) is 35.2 Å². The monoisotopic (exact) mass is 589 g/mol. The lowest BCUT2D eigenvalue weighted by Crippen LogP contribution is -2.58. The van der Waals surface area contributed by atoms with Gasteiger partial charge in [-0.15, -0.1) is 0 Å². The molecule has 4 amide bonds. The Labute approximate surface area is 239 Å². The van der Waals surface area contributed by atoms with E-state index in [1.165, 1.54) is 0 Å². The number of rotatable bonds is 17. The summed E-state index contributed by atoms with van der Waals surface area (Å²) in [7, 11) is 0. The predicted molar refractivity (Wildman–Crippen MR) is 149 cm³/mol. The van der Waals surface area contributed by atoms with E-state index in [4.69, 9.17) is 28.0 Å².